The van der Waals surface area contributed by atoms with Crippen LogP contribution in [0.5, 0.6) is 0 Å². The molecule has 0 heterocycles. The molecule has 6 nitrogen and oxygen atoms in total. The molecule has 0 spiro atoms. The molecule has 146 valence electrons. The Balaban J connectivity index is 2.39. The molecule has 0 aliphatic heterocycles. The molecule has 2 aliphatic carbocycles. The lowest BCUT2D eigenvalue weighted by Crippen LogP contribution is -2.36. The molecule has 0 amide bonds. The van der Waals surface area contributed by atoms with Crippen molar-refractivity contribution in [2.75, 3.05) is 26.2 Å². The Bertz CT molecular complexity index is 772. The zero-order valence-electron chi connectivity index (χ0n) is 15.8. The van der Waals surface area contributed by atoms with E-state index in [0.717, 1.165) is 0 Å². The molecule has 0 aromatic carbocycles. The summed E-state index contributed by atoms with van der Waals surface area (Å²) in [5.41, 5.74) is 0. The Kier molecular flexibility index (Phi) is 6.65. The Morgan fingerprint density at radius 3 is 1.27 bits per heavy atom. The van der Waals surface area contributed by atoms with Gasteiger partial charge in [0.15, 0.2) is 0 Å². The Hall–Kier alpha value is -1.22. The van der Waals surface area contributed by atoms with Crippen molar-refractivity contribution in [3.05, 3.63) is 46.3 Å². The minimum absolute atomic E-state index is 0.262. The van der Waals surface area contributed by atoms with E-state index in [-0.39, 0.29) is 9.81 Å². The van der Waals surface area contributed by atoms with Crippen molar-refractivity contribution in [1.29, 1.82) is 0 Å². The van der Waals surface area contributed by atoms with E-state index in [1.54, 1.807) is 64.2 Å². The highest BCUT2D eigenvalue weighted by Crippen LogP contribution is 2.41. The lowest BCUT2D eigenvalue weighted by atomic mass is 9.95. The van der Waals surface area contributed by atoms with E-state index in [9.17, 15) is 16.8 Å². The molecule has 0 radical (unpaired) electrons. The first kappa shape index (κ1) is 21.1. The number of allylic oxidation sites excluding steroid dienone is 8. The largest absolute Gasteiger partial charge is 0.239 e. The molecular weight excluding hydrogens is 372 g/mol. The fourth-order valence-electron chi connectivity index (χ4n) is 3.49. The van der Waals surface area contributed by atoms with E-state index < -0.39 is 31.9 Å². The lowest BCUT2D eigenvalue weighted by molar-refractivity contribution is 0.440. The summed E-state index contributed by atoms with van der Waals surface area (Å²) in [7, 11) is -7.25. The van der Waals surface area contributed by atoms with Gasteiger partial charge in [-0.1, -0.05) is 52.0 Å². The van der Waals surface area contributed by atoms with Crippen LogP contribution in [0.25, 0.3) is 0 Å². The first-order valence-electron chi connectivity index (χ1n) is 9.02. The molecule has 2 atom stereocenters. The standard InChI is InChI=1S/C18H28N2O4S2/c1-5-19(6-2)25(21,22)17-13-9-11-15(17)16-12-10-14-18(16)26(23,24)20(7-3)8-4/h9-16H,5-8H2,1-4H3. The van der Waals surface area contributed by atoms with Crippen molar-refractivity contribution < 1.29 is 16.8 Å². The molecule has 2 aliphatic rings. The van der Waals surface area contributed by atoms with Gasteiger partial charge >= 0.3 is 0 Å². The summed E-state index contributed by atoms with van der Waals surface area (Å²) in [5.74, 6) is -1.01. The number of rotatable bonds is 9. The van der Waals surface area contributed by atoms with Gasteiger partial charge in [-0.3, -0.25) is 0 Å². The van der Waals surface area contributed by atoms with Crippen LogP contribution in [0, 0.1) is 11.8 Å². The summed E-state index contributed by atoms with van der Waals surface area (Å²) in [6.07, 6.45) is 10.1. The molecule has 0 fully saturated rings. The van der Waals surface area contributed by atoms with Gasteiger partial charge in [0.05, 0.1) is 9.81 Å². The molecule has 2 unspecified atom stereocenters. The van der Waals surface area contributed by atoms with Crippen molar-refractivity contribution in [3.63, 3.8) is 0 Å². The molecule has 0 bridgehead atoms. The molecule has 0 saturated carbocycles. The molecule has 2 rings (SSSR count). The van der Waals surface area contributed by atoms with Gasteiger partial charge in [0.2, 0.25) is 20.0 Å². The van der Waals surface area contributed by atoms with Crippen LogP contribution in [-0.2, 0) is 20.0 Å². The van der Waals surface area contributed by atoms with Crippen LogP contribution in [0.4, 0.5) is 0 Å². The molecule has 0 saturated heterocycles. The molecular formula is C18H28N2O4S2. The third kappa shape index (κ3) is 3.60. The maximum atomic E-state index is 13.0. The zero-order valence-corrected chi connectivity index (χ0v) is 17.4. The van der Waals surface area contributed by atoms with E-state index in [4.69, 9.17) is 0 Å². The summed E-state index contributed by atoms with van der Waals surface area (Å²) >= 11 is 0. The molecule has 0 aromatic heterocycles. The molecule has 0 N–H and O–H groups in total. The second kappa shape index (κ2) is 8.21. The van der Waals surface area contributed by atoms with Gasteiger partial charge in [-0.25, -0.2) is 16.8 Å². The third-order valence-electron chi connectivity index (χ3n) is 4.89. The average molecular weight is 401 g/mol. The van der Waals surface area contributed by atoms with E-state index in [0.29, 0.717) is 26.2 Å². The van der Waals surface area contributed by atoms with Crippen LogP contribution >= 0.6 is 0 Å². The maximum absolute atomic E-state index is 13.0. The lowest BCUT2D eigenvalue weighted by Gasteiger charge is -2.28. The first-order valence-corrected chi connectivity index (χ1v) is 11.9. The molecule has 0 aromatic rings. The van der Waals surface area contributed by atoms with Crippen LogP contribution in [-0.4, -0.2) is 51.6 Å². The van der Waals surface area contributed by atoms with E-state index in [1.807, 2.05) is 0 Å². The van der Waals surface area contributed by atoms with Gasteiger partial charge in [-0.2, -0.15) is 8.61 Å². The van der Waals surface area contributed by atoms with Gasteiger partial charge in [0.1, 0.15) is 0 Å². The number of hydrogen-bond donors (Lipinski definition) is 0. The van der Waals surface area contributed by atoms with Gasteiger partial charge in [-0.15, -0.1) is 0 Å². The van der Waals surface area contributed by atoms with Crippen molar-refractivity contribution in [3.8, 4) is 0 Å². The highest BCUT2D eigenvalue weighted by molar-refractivity contribution is 7.93. The van der Waals surface area contributed by atoms with E-state index in [2.05, 4.69) is 0 Å². The minimum Gasteiger partial charge on any atom is -0.207 e. The SMILES string of the molecule is CCN(CC)S(=O)(=O)C1=CC=CC1C1C=CC=C1S(=O)(=O)N(CC)CC. The van der Waals surface area contributed by atoms with Crippen LogP contribution in [0.1, 0.15) is 27.7 Å². The second-order valence-electron chi connectivity index (χ2n) is 6.14. The predicted molar refractivity (Wildman–Crippen MR) is 105 cm³/mol. The van der Waals surface area contributed by atoms with E-state index in [1.165, 1.54) is 8.61 Å². The van der Waals surface area contributed by atoms with Gasteiger partial charge in [0, 0.05) is 38.0 Å². The van der Waals surface area contributed by atoms with Gasteiger partial charge < -0.3 is 0 Å². The van der Waals surface area contributed by atoms with Crippen LogP contribution in [0.3, 0.4) is 0 Å². The van der Waals surface area contributed by atoms with Crippen molar-refractivity contribution in [2.24, 2.45) is 11.8 Å². The quantitative estimate of drug-likeness (QED) is 0.596. The number of nitrogens with zero attached hydrogens (tertiary/aromatic N) is 2. The summed E-state index contributed by atoms with van der Waals surface area (Å²) in [6.45, 7) is 8.70. The van der Waals surface area contributed by atoms with Crippen LogP contribution in [0.2, 0.25) is 0 Å². The maximum Gasteiger partial charge on any atom is 0.239 e. The summed E-state index contributed by atoms with van der Waals surface area (Å²) < 4.78 is 54.7. The highest BCUT2D eigenvalue weighted by atomic mass is 32.2. The van der Waals surface area contributed by atoms with E-state index >= 15 is 0 Å². The molecule has 8 heteroatoms. The summed E-state index contributed by atoms with van der Waals surface area (Å²) in [6, 6.07) is 0. The number of sulfonamides is 2. The topological polar surface area (TPSA) is 74.8 Å². The predicted octanol–water partition coefficient (Wildman–Crippen LogP) is 2.47. The summed E-state index contributed by atoms with van der Waals surface area (Å²) in [5, 5.41) is 0. The Labute approximate surface area is 157 Å². The highest BCUT2D eigenvalue weighted by Gasteiger charge is 2.41. The van der Waals surface area contributed by atoms with Gasteiger partial charge in [0.25, 0.3) is 0 Å². The third-order valence-corrected chi connectivity index (χ3v) is 9.29. The minimum atomic E-state index is -3.63. The normalized spacial score (nSPS) is 23.2. The van der Waals surface area contributed by atoms with Gasteiger partial charge in [-0.05, 0) is 12.2 Å². The van der Waals surface area contributed by atoms with Crippen molar-refractivity contribution >= 4 is 20.0 Å². The Morgan fingerprint density at radius 1 is 0.692 bits per heavy atom. The van der Waals surface area contributed by atoms with Crippen molar-refractivity contribution in [2.45, 2.75) is 27.7 Å². The summed E-state index contributed by atoms with van der Waals surface area (Å²) in [4.78, 5) is 0.525. The smallest absolute Gasteiger partial charge is 0.207 e. The molecule has 26 heavy (non-hydrogen) atoms. The zero-order chi connectivity index (χ0) is 19.5. The fraction of sp³-hybridized carbons (Fsp3) is 0.556. The van der Waals surface area contributed by atoms with Crippen molar-refractivity contribution in [1.82, 2.24) is 8.61 Å². The second-order valence-corrected chi connectivity index (χ2v) is 10.0. The Morgan fingerprint density at radius 2 is 1.00 bits per heavy atom. The fourth-order valence-corrected chi connectivity index (χ4v) is 7.08. The van der Waals surface area contributed by atoms with Crippen LogP contribution in [0.15, 0.2) is 46.3 Å². The van der Waals surface area contributed by atoms with Crippen LogP contribution < -0.4 is 0 Å². The first-order chi connectivity index (χ1) is 12.2. The number of hydrogen-bond acceptors (Lipinski definition) is 4. The average Bonchev–Trinajstić information content (AvgIpc) is 3.25. The monoisotopic (exact) mass is 400 g/mol.